The molecule has 0 aromatic carbocycles. The summed E-state index contributed by atoms with van der Waals surface area (Å²) in [5, 5.41) is 12.1. The van der Waals surface area contributed by atoms with Crippen molar-refractivity contribution >= 4 is 5.97 Å². The SMILES string of the molecule is CCC(C(=O)O)N1CCC(NC)C1. The van der Waals surface area contributed by atoms with Gasteiger partial charge >= 0.3 is 5.97 Å². The van der Waals surface area contributed by atoms with Crippen LogP contribution in [0.3, 0.4) is 0 Å². The molecule has 4 heteroatoms. The van der Waals surface area contributed by atoms with E-state index in [1.54, 1.807) is 0 Å². The lowest BCUT2D eigenvalue weighted by atomic mass is 10.2. The zero-order chi connectivity index (χ0) is 9.84. The van der Waals surface area contributed by atoms with Crippen LogP contribution in [0.25, 0.3) is 0 Å². The Morgan fingerprint density at radius 1 is 1.77 bits per heavy atom. The standard InChI is InChI=1S/C9H18N2O2/c1-3-8(9(12)13)11-5-4-7(6-11)10-2/h7-8,10H,3-6H2,1-2H3,(H,12,13). The number of aliphatic carboxylic acids is 1. The van der Waals surface area contributed by atoms with Gasteiger partial charge in [0.25, 0.3) is 0 Å². The molecular formula is C9H18N2O2. The maximum Gasteiger partial charge on any atom is 0.320 e. The summed E-state index contributed by atoms with van der Waals surface area (Å²) in [4.78, 5) is 12.9. The van der Waals surface area contributed by atoms with E-state index in [9.17, 15) is 4.79 Å². The molecule has 4 nitrogen and oxygen atoms in total. The molecule has 2 atom stereocenters. The smallest absolute Gasteiger partial charge is 0.320 e. The van der Waals surface area contributed by atoms with Gasteiger partial charge in [-0.25, -0.2) is 0 Å². The minimum absolute atomic E-state index is 0.293. The van der Waals surface area contributed by atoms with Gasteiger partial charge in [0.15, 0.2) is 0 Å². The van der Waals surface area contributed by atoms with Crippen LogP contribution in [-0.2, 0) is 4.79 Å². The van der Waals surface area contributed by atoms with Crippen LogP contribution in [-0.4, -0.2) is 48.2 Å². The number of carbonyl (C=O) groups is 1. The van der Waals surface area contributed by atoms with Crippen molar-refractivity contribution < 1.29 is 9.90 Å². The molecule has 1 aliphatic rings. The molecule has 1 heterocycles. The highest BCUT2D eigenvalue weighted by atomic mass is 16.4. The first-order chi connectivity index (χ1) is 6.19. The molecule has 13 heavy (non-hydrogen) atoms. The van der Waals surface area contributed by atoms with Crippen molar-refractivity contribution in [2.24, 2.45) is 0 Å². The third-order valence-corrected chi connectivity index (χ3v) is 2.74. The molecule has 76 valence electrons. The second-order valence-electron chi connectivity index (χ2n) is 3.53. The molecule has 1 rings (SSSR count). The minimum atomic E-state index is -0.695. The molecule has 0 spiro atoms. The molecular weight excluding hydrogens is 168 g/mol. The maximum atomic E-state index is 10.9. The number of carboxylic acids is 1. The lowest BCUT2D eigenvalue weighted by Gasteiger charge is -2.22. The lowest BCUT2D eigenvalue weighted by molar-refractivity contribution is -0.143. The van der Waals surface area contributed by atoms with Gasteiger partial charge in [-0.3, -0.25) is 9.69 Å². The monoisotopic (exact) mass is 186 g/mol. The number of likely N-dealkylation sites (N-methyl/N-ethyl adjacent to an activating group) is 1. The second-order valence-corrected chi connectivity index (χ2v) is 3.53. The highest BCUT2D eigenvalue weighted by Gasteiger charge is 2.30. The van der Waals surface area contributed by atoms with Gasteiger partial charge in [0.2, 0.25) is 0 Å². The maximum absolute atomic E-state index is 10.9. The third-order valence-electron chi connectivity index (χ3n) is 2.74. The fourth-order valence-corrected chi connectivity index (χ4v) is 1.90. The van der Waals surface area contributed by atoms with Crippen LogP contribution in [0.4, 0.5) is 0 Å². The van der Waals surface area contributed by atoms with Gasteiger partial charge in [-0.2, -0.15) is 0 Å². The van der Waals surface area contributed by atoms with Gasteiger partial charge in [0.1, 0.15) is 6.04 Å². The zero-order valence-electron chi connectivity index (χ0n) is 8.29. The number of hydrogen-bond donors (Lipinski definition) is 2. The largest absolute Gasteiger partial charge is 0.480 e. The van der Waals surface area contributed by atoms with Gasteiger partial charge in [0.05, 0.1) is 0 Å². The molecule has 1 fully saturated rings. The van der Waals surface area contributed by atoms with E-state index in [1.807, 2.05) is 18.9 Å². The van der Waals surface area contributed by atoms with Gasteiger partial charge in [0, 0.05) is 19.1 Å². The Morgan fingerprint density at radius 2 is 2.46 bits per heavy atom. The minimum Gasteiger partial charge on any atom is -0.480 e. The van der Waals surface area contributed by atoms with Crippen molar-refractivity contribution in [2.75, 3.05) is 20.1 Å². The highest BCUT2D eigenvalue weighted by molar-refractivity contribution is 5.73. The summed E-state index contributed by atoms with van der Waals surface area (Å²) < 4.78 is 0. The van der Waals surface area contributed by atoms with E-state index in [-0.39, 0.29) is 6.04 Å². The summed E-state index contributed by atoms with van der Waals surface area (Å²) in [7, 11) is 1.93. The van der Waals surface area contributed by atoms with Gasteiger partial charge in [-0.15, -0.1) is 0 Å². The van der Waals surface area contributed by atoms with Crippen LogP contribution in [0.1, 0.15) is 19.8 Å². The van der Waals surface area contributed by atoms with Crippen molar-refractivity contribution in [1.82, 2.24) is 10.2 Å². The molecule has 2 unspecified atom stereocenters. The second kappa shape index (κ2) is 4.58. The first kappa shape index (κ1) is 10.5. The molecule has 0 bridgehead atoms. The van der Waals surface area contributed by atoms with Crippen LogP contribution in [0.5, 0.6) is 0 Å². The Bertz CT molecular complexity index is 184. The van der Waals surface area contributed by atoms with E-state index in [2.05, 4.69) is 5.32 Å². The van der Waals surface area contributed by atoms with E-state index >= 15 is 0 Å². The Kier molecular flexibility index (Phi) is 3.69. The van der Waals surface area contributed by atoms with Crippen LogP contribution in [0.15, 0.2) is 0 Å². The first-order valence-electron chi connectivity index (χ1n) is 4.83. The van der Waals surface area contributed by atoms with Crippen molar-refractivity contribution in [3.63, 3.8) is 0 Å². The average molecular weight is 186 g/mol. The predicted molar refractivity (Wildman–Crippen MR) is 50.8 cm³/mol. The highest BCUT2D eigenvalue weighted by Crippen LogP contribution is 2.14. The molecule has 0 aliphatic carbocycles. The summed E-state index contributed by atoms with van der Waals surface area (Å²) in [6, 6.07) is 0.173. The van der Waals surface area contributed by atoms with Crippen molar-refractivity contribution in [3.05, 3.63) is 0 Å². The van der Waals surface area contributed by atoms with Crippen molar-refractivity contribution in [3.8, 4) is 0 Å². The van der Waals surface area contributed by atoms with Gasteiger partial charge in [-0.1, -0.05) is 6.92 Å². The number of hydrogen-bond acceptors (Lipinski definition) is 3. The quantitative estimate of drug-likeness (QED) is 0.656. The number of nitrogens with zero attached hydrogens (tertiary/aromatic N) is 1. The van der Waals surface area contributed by atoms with E-state index < -0.39 is 5.97 Å². The fourth-order valence-electron chi connectivity index (χ4n) is 1.90. The Labute approximate surface area is 78.9 Å². The number of likely N-dealkylation sites (tertiary alicyclic amines) is 1. The number of nitrogens with one attached hydrogen (secondary N) is 1. The molecule has 0 amide bonds. The molecule has 2 N–H and O–H groups in total. The van der Waals surface area contributed by atoms with Crippen LogP contribution in [0, 0.1) is 0 Å². The van der Waals surface area contributed by atoms with Gasteiger partial charge < -0.3 is 10.4 Å². The third kappa shape index (κ3) is 2.42. The Hall–Kier alpha value is -0.610. The zero-order valence-corrected chi connectivity index (χ0v) is 8.29. The molecule has 0 aromatic heterocycles. The topological polar surface area (TPSA) is 52.6 Å². The normalized spacial score (nSPS) is 26.2. The first-order valence-corrected chi connectivity index (χ1v) is 4.83. The molecule has 1 saturated heterocycles. The molecule has 0 aromatic rings. The average Bonchev–Trinajstić information content (AvgIpc) is 2.53. The number of carboxylic acid groups (broad SMARTS) is 1. The molecule has 0 saturated carbocycles. The summed E-state index contributed by atoms with van der Waals surface area (Å²) >= 11 is 0. The predicted octanol–water partition coefficient (Wildman–Crippen LogP) is 0.143. The van der Waals surface area contributed by atoms with Gasteiger partial charge in [-0.05, 0) is 19.9 Å². The Balaban J connectivity index is 2.48. The Morgan fingerprint density at radius 3 is 2.85 bits per heavy atom. The fraction of sp³-hybridized carbons (Fsp3) is 0.889. The molecule has 1 aliphatic heterocycles. The summed E-state index contributed by atoms with van der Waals surface area (Å²) in [6.45, 7) is 3.68. The lowest BCUT2D eigenvalue weighted by Crippen LogP contribution is -2.41. The van der Waals surface area contributed by atoms with Crippen LogP contribution < -0.4 is 5.32 Å². The van der Waals surface area contributed by atoms with Crippen LogP contribution in [0.2, 0.25) is 0 Å². The summed E-state index contributed by atoms with van der Waals surface area (Å²) in [5.41, 5.74) is 0. The van der Waals surface area contributed by atoms with Crippen molar-refractivity contribution in [2.45, 2.75) is 31.8 Å². The summed E-state index contributed by atoms with van der Waals surface area (Å²) in [5.74, 6) is -0.695. The van der Waals surface area contributed by atoms with Crippen molar-refractivity contribution in [1.29, 1.82) is 0 Å². The van der Waals surface area contributed by atoms with E-state index in [1.165, 1.54) is 0 Å². The van der Waals surface area contributed by atoms with E-state index in [0.717, 1.165) is 19.5 Å². The molecule has 0 radical (unpaired) electrons. The van der Waals surface area contributed by atoms with E-state index in [0.29, 0.717) is 12.5 Å². The van der Waals surface area contributed by atoms with E-state index in [4.69, 9.17) is 5.11 Å². The van der Waals surface area contributed by atoms with Crippen LogP contribution >= 0.6 is 0 Å². The summed E-state index contributed by atoms with van der Waals surface area (Å²) in [6.07, 6.45) is 1.74. The number of rotatable bonds is 4.